The second-order valence-electron chi connectivity index (χ2n) is 7.27. The molecule has 2 amide bonds. The second kappa shape index (κ2) is 9.58. The molecular weight excluding hydrogens is 344 g/mol. The van der Waals surface area contributed by atoms with E-state index in [4.69, 9.17) is 4.74 Å². The minimum absolute atomic E-state index is 0.125. The lowest BCUT2D eigenvalue weighted by molar-refractivity contribution is -0.149. The minimum atomic E-state index is -0.212. The molecule has 1 atom stereocenters. The van der Waals surface area contributed by atoms with Crippen molar-refractivity contribution >= 4 is 17.8 Å². The van der Waals surface area contributed by atoms with Crippen LogP contribution in [0.2, 0.25) is 0 Å². The molecular formula is C20H30N4O3. The van der Waals surface area contributed by atoms with Crippen molar-refractivity contribution < 1.29 is 14.3 Å². The largest absolute Gasteiger partial charge is 0.466 e. The molecule has 2 fully saturated rings. The first-order valence-electron chi connectivity index (χ1n) is 10.1. The average molecular weight is 374 g/mol. The first kappa shape index (κ1) is 19.5. The van der Waals surface area contributed by atoms with Crippen molar-refractivity contribution in [2.45, 2.75) is 45.6 Å². The Morgan fingerprint density at radius 3 is 2.81 bits per heavy atom. The molecule has 2 aliphatic rings. The Hall–Kier alpha value is -2.31. The molecule has 0 saturated carbocycles. The number of hydrogen-bond donors (Lipinski definition) is 1. The van der Waals surface area contributed by atoms with Gasteiger partial charge >= 0.3 is 12.0 Å². The first-order valence-corrected chi connectivity index (χ1v) is 10.1. The van der Waals surface area contributed by atoms with Gasteiger partial charge in [0.25, 0.3) is 0 Å². The minimum Gasteiger partial charge on any atom is -0.466 e. The topological polar surface area (TPSA) is 74.8 Å². The number of piperidine rings is 2. The number of aromatic nitrogens is 1. The lowest BCUT2D eigenvalue weighted by Gasteiger charge is -2.31. The lowest BCUT2D eigenvalue weighted by atomic mass is 9.98. The summed E-state index contributed by atoms with van der Waals surface area (Å²) < 4.78 is 5.10. The molecule has 1 unspecified atom stereocenters. The van der Waals surface area contributed by atoms with Crippen LogP contribution in [0.5, 0.6) is 0 Å². The second-order valence-corrected chi connectivity index (χ2v) is 7.27. The third-order valence-corrected chi connectivity index (χ3v) is 5.26. The third kappa shape index (κ3) is 5.34. The zero-order chi connectivity index (χ0) is 19.1. The molecule has 7 nitrogen and oxygen atoms in total. The van der Waals surface area contributed by atoms with Gasteiger partial charge < -0.3 is 19.9 Å². The summed E-state index contributed by atoms with van der Waals surface area (Å²) in [5.41, 5.74) is 1.04. The van der Waals surface area contributed by atoms with E-state index in [-0.39, 0.29) is 17.9 Å². The molecule has 3 rings (SSSR count). The number of hydrogen-bond acceptors (Lipinski definition) is 5. The number of anilines is 1. The number of amides is 2. The van der Waals surface area contributed by atoms with Gasteiger partial charge in [0.2, 0.25) is 0 Å². The maximum absolute atomic E-state index is 12.5. The van der Waals surface area contributed by atoms with Crippen molar-refractivity contribution in [2.24, 2.45) is 5.92 Å². The molecule has 7 heteroatoms. The van der Waals surface area contributed by atoms with Crippen LogP contribution in [0.15, 0.2) is 18.3 Å². The van der Waals surface area contributed by atoms with Crippen LogP contribution >= 0.6 is 0 Å². The fourth-order valence-corrected chi connectivity index (χ4v) is 3.77. The van der Waals surface area contributed by atoms with E-state index in [1.54, 1.807) is 11.8 Å². The molecule has 3 heterocycles. The molecule has 0 spiro atoms. The molecule has 0 aliphatic carbocycles. The number of rotatable bonds is 5. The molecule has 1 aromatic rings. The summed E-state index contributed by atoms with van der Waals surface area (Å²) in [4.78, 5) is 33.0. The molecule has 0 bridgehead atoms. The van der Waals surface area contributed by atoms with E-state index >= 15 is 0 Å². The Bertz CT molecular complexity index is 646. The van der Waals surface area contributed by atoms with Gasteiger partial charge in [0.1, 0.15) is 5.82 Å². The Morgan fingerprint density at radius 1 is 1.22 bits per heavy atom. The summed E-state index contributed by atoms with van der Waals surface area (Å²) in [6.45, 7) is 5.85. The van der Waals surface area contributed by atoms with Gasteiger partial charge in [-0.3, -0.25) is 4.79 Å². The first-order chi connectivity index (χ1) is 13.2. The van der Waals surface area contributed by atoms with Crippen LogP contribution in [-0.2, 0) is 16.1 Å². The van der Waals surface area contributed by atoms with E-state index in [2.05, 4.69) is 21.3 Å². The van der Waals surface area contributed by atoms with Crippen molar-refractivity contribution in [1.82, 2.24) is 15.2 Å². The summed E-state index contributed by atoms with van der Waals surface area (Å²) in [5, 5.41) is 2.98. The summed E-state index contributed by atoms with van der Waals surface area (Å²) in [6, 6.07) is 3.87. The monoisotopic (exact) mass is 374 g/mol. The van der Waals surface area contributed by atoms with Crippen LogP contribution in [0.3, 0.4) is 0 Å². The maximum atomic E-state index is 12.5. The van der Waals surface area contributed by atoms with Gasteiger partial charge in [0, 0.05) is 38.9 Å². The van der Waals surface area contributed by atoms with Crippen molar-refractivity contribution in [3.8, 4) is 0 Å². The normalized spacial score (nSPS) is 20.3. The highest BCUT2D eigenvalue weighted by Crippen LogP contribution is 2.19. The Kier molecular flexibility index (Phi) is 6.90. The predicted molar refractivity (Wildman–Crippen MR) is 103 cm³/mol. The SMILES string of the molecule is CCOC(=O)C1CCCN(C(=O)NCc2ccnc(N3CCCCC3)c2)C1. The van der Waals surface area contributed by atoms with E-state index in [1.807, 2.05) is 12.3 Å². The number of nitrogens with zero attached hydrogens (tertiary/aromatic N) is 3. The Balaban J connectivity index is 1.52. The number of carbonyl (C=O) groups is 2. The highest BCUT2D eigenvalue weighted by Gasteiger charge is 2.29. The van der Waals surface area contributed by atoms with E-state index in [0.717, 1.165) is 37.3 Å². The van der Waals surface area contributed by atoms with Gasteiger partial charge in [0.15, 0.2) is 0 Å². The van der Waals surface area contributed by atoms with E-state index < -0.39 is 0 Å². The van der Waals surface area contributed by atoms with Gasteiger partial charge in [-0.25, -0.2) is 9.78 Å². The lowest BCUT2D eigenvalue weighted by Crippen LogP contribution is -2.47. The van der Waals surface area contributed by atoms with Crippen molar-refractivity contribution in [1.29, 1.82) is 0 Å². The van der Waals surface area contributed by atoms with E-state index in [9.17, 15) is 9.59 Å². The van der Waals surface area contributed by atoms with Crippen LogP contribution in [0.4, 0.5) is 10.6 Å². The number of pyridine rings is 1. The fourth-order valence-electron chi connectivity index (χ4n) is 3.77. The molecule has 27 heavy (non-hydrogen) atoms. The fraction of sp³-hybridized carbons (Fsp3) is 0.650. The molecule has 1 N–H and O–H groups in total. The summed E-state index contributed by atoms with van der Waals surface area (Å²) in [7, 11) is 0. The van der Waals surface area contributed by atoms with Crippen LogP contribution in [0, 0.1) is 5.92 Å². The van der Waals surface area contributed by atoms with Gasteiger partial charge in [-0.15, -0.1) is 0 Å². The van der Waals surface area contributed by atoms with Gasteiger partial charge in [-0.05, 0) is 56.7 Å². The standard InChI is InChI=1S/C20H30N4O3/c1-2-27-19(25)17-7-6-12-24(15-17)20(26)22-14-16-8-9-21-18(13-16)23-10-4-3-5-11-23/h8-9,13,17H,2-7,10-12,14-15H2,1H3,(H,22,26). The number of urea groups is 1. The third-order valence-electron chi connectivity index (χ3n) is 5.26. The van der Waals surface area contributed by atoms with Gasteiger partial charge in [-0.2, -0.15) is 0 Å². The number of nitrogens with one attached hydrogen (secondary N) is 1. The van der Waals surface area contributed by atoms with E-state index in [1.165, 1.54) is 19.3 Å². The molecule has 0 aromatic carbocycles. The van der Waals surface area contributed by atoms with Crippen molar-refractivity contribution in [2.75, 3.05) is 37.7 Å². The molecule has 0 radical (unpaired) electrons. The average Bonchev–Trinajstić information content (AvgIpc) is 2.73. The van der Waals surface area contributed by atoms with Gasteiger partial charge in [-0.1, -0.05) is 0 Å². The smallest absolute Gasteiger partial charge is 0.317 e. The van der Waals surface area contributed by atoms with Crippen LogP contribution in [0.25, 0.3) is 0 Å². The predicted octanol–water partition coefficient (Wildman–Crippen LogP) is 2.56. The molecule has 148 valence electrons. The Labute approximate surface area is 161 Å². The van der Waals surface area contributed by atoms with Crippen molar-refractivity contribution in [3.63, 3.8) is 0 Å². The number of ether oxygens (including phenoxy) is 1. The zero-order valence-corrected chi connectivity index (χ0v) is 16.2. The summed E-state index contributed by atoms with van der Waals surface area (Å²) in [6.07, 6.45) is 7.12. The van der Waals surface area contributed by atoms with Crippen molar-refractivity contribution in [3.05, 3.63) is 23.9 Å². The molecule has 2 saturated heterocycles. The van der Waals surface area contributed by atoms with Crippen LogP contribution < -0.4 is 10.2 Å². The zero-order valence-electron chi connectivity index (χ0n) is 16.2. The summed E-state index contributed by atoms with van der Waals surface area (Å²) in [5.74, 6) is 0.577. The van der Waals surface area contributed by atoms with Gasteiger partial charge in [0.05, 0.1) is 12.5 Å². The highest BCUT2D eigenvalue weighted by atomic mass is 16.5. The highest BCUT2D eigenvalue weighted by molar-refractivity contribution is 5.77. The maximum Gasteiger partial charge on any atom is 0.317 e. The number of likely N-dealkylation sites (tertiary alicyclic amines) is 1. The van der Waals surface area contributed by atoms with E-state index in [0.29, 0.717) is 26.2 Å². The van der Waals surface area contributed by atoms with Crippen LogP contribution in [-0.4, -0.2) is 54.7 Å². The number of carbonyl (C=O) groups excluding carboxylic acids is 2. The Morgan fingerprint density at radius 2 is 2.04 bits per heavy atom. The number of esters is 1. The quantitative estimate of drug-likeness (QED) is 0.802. The molecule has 2 aliphatic heterocycles. The van der Waals surface area contributed by atoms with Crippen LogP contribution in [0.1, 0.15) is 44.6 Å². The molecule has 1 aromatic heterocycles. The summed E-state index contributed by atoms with van der Waals surface area (Å²) >= 11 is 0.